The van der Waals surface area contributed by atoms with Crippen molar-refractivity contribution in [2.24, 2.45) is 0 Å². The van der Waals surface area contributed by atoms with Crippen LogP contribution in [-0.2, 0) is 22.6 Å². The molecule has 0 aliphatic heterocycles. The van der Waals surface area contributed by atoms with E-state index in [2.05, 4.69) is 46.0 Å². The normalized spacial score (nSPS) is 10.8. The zero-order valence-electron chi connectivity index (χ0n) is 16.1. The van der Waals surface area contributed by atoms with E-state index in [-0.39, 0.29) is 12.3 Å². The monoisotopic (exact) mass is 400 g/mol. The van der Waals surface area contributed by atoms with E-state index in [1.165, 1.54) is 22.7 Å². The van der Waals surface area contributed by atoms with Gasteiger partial charge in [-0.2, -0.15) is 4.37 Å². The van der Waals surface area contributed by atoms with Crippen LogP contribution in [-0.4, -0.2) is 28.4 Å². The molecule has 1 N–H and O–H groups in total. The molecule has 0 saturated carbocycles. The van der Waals surface area contributed by atoms with Gasteiger partial charge < -0.3 is 9.32 Å². The average Bonchev–Trinajstić information content (AvgIpc) is 3.37. The van der Waals surface area contributed by atoms with E-state index in [9.17, 15) is 4.79 Å². The minimum absolute atomic E-state index is 0.171. The fourth-order valence-corrected chi connectivity index (χ4v) is 3.32. The summed E-state index contributed by atoms with van der Waals surface area (Å²) in [5, 5.41) is 0.766. The van der Waals surface area contributed by atoms with Crippen LogP contribution in [0.5, 0.6) is 0 Å². The number of hydroxylamine groups is 1. The average molecular weight is 401 g/mol. The number of hydrogen-bond donors (Lipinski definition) is 1. The van der Waals surface area contributed by atoms with Crippen molar-refractivity contribution < 1.29 is 14.0 Å². The third-order valence-corrected chi connectivity index (χ3v) is 4.89. The molecule has 0 unspecified atom stereocenters. The molecule has 0 fully saturated rings. The van der Waals surface area contributed by atoms with Crippen LogP contribution in [0.25, 0.3) is 0 Å². The van der Waals surface area contributed by atoms with Crippen LogP contribution in [0.2, 0.25) is 0 Å². The number of nitrogens with one attached hydrogen (secondary N) is 1. The van der Waals surface area contributed by atoms with Gasteiger partial charge in [0.05, 0.1) is 19.4 Å². The summed E-state index contributed by atoms with van der Waals surface area (Å²) in [6.45, 7) is 5.32. The summed E-state index contributed by atoms with van der Waals surface area (Å²) in [5.74, 6) is 1.41. The van der Waals surface area contributed by atoms with Crippen molar-refractivity contribution >= 4 is 22.6 Å². The van der Waals surface area contributed by atoms with Crippen LogP contribution in [0.1, 0.15) is 36.1 Å². The van der Waals surface area contributed by atoms with Crippen molar-refractivity contribution in [3.8, 4) is 0 Å². The number of aromatic nitrogens is 2. The highest BCUT2D eigenvalue weighted by molar-refractivity contribution is 7.09. The molecule has 8 heteroatoms. The highest BCUT2D eigenvalue weighted by atomic mass is 32.1. The zero-order valence-corrected chi connectivity index (χ0v) is 16.9. The first-order valence-corrected chi connectivity index (χ1v) is 9.97. The minimum Gasteiger partial charge on any atom is -0.467 e. The molecule has 3 aromatic rings. The Kier molecular flexibility index (Phi) is 7.16. The summed E-state index contributed by atoms with van der Waals surface area (Å²) in [5.41, 5.74) is 4.82. The summed E-state index contributed by atoms with van der Waals surface area (Å²) in [6.07, 6.45) is 2.60. The second-order valence-electron chi connectivity index (χ2n) is 6.36. The van der Waals surface area contributed by atoms with E-state index in [0.717, 1.165) is 16.7 Å². The fourth-order valence-electron chi connectivity index (χ4n) is 2.61. The summed E-state index contributed by atoms with van der Waals surface area (Å²) < 4.78 is 9.95. The second kappa shape index (κ2) is 10.0. The van der Waals surface area contributed by atoms with Crippen LogP contribution in [0, 0.1) is 6.92 Å². The Bertz CT molecular complexity index is 862. The molecule has 0 spiro atoms. The van der Waals surface area contributed by atoms with E-state index in [1.54, 1.807) is 6.26 Å². The Labute approximate surface area is 168 Å². The molecule has 3 rings (SSSR count). The van der Waals surface area contributed by atoms with Crippen LogP contribution in [0.15, 0.2) is 47.1 Å². The van der Waals surface area contributed by atoms with Crippen LogP contribution in [0.3, 0.4) is 0 Å². The zero-order chi connectivity index (χ0) is 19.8. The minimum atomic E-state index is -0.171. The number of carbonyl (C=O) groups excluding carboxylic acids is 1. The van der Waals surface area contributed by atoms with Crippen molar-refractivity contribution in [3.05, 3.63) is 65.4 Å². The number of benzene rings is 1. The number of nitrogens with zero attached hydrogens (tertiary/aromatic N) is 3. The Morgan fingerprint density at radius 2 is 2.11 bits per heavy atom. The standard InChI is InChI=1S/C20H24N4O3S/c1-3-27-22-19(25)10-11-24(14-17-5-4-12-26-17)20-21-18(23-28-20)13-16-8-6-15(2)7-9-16/h4-9,12H,3,10-11,13-14H2,1-2H3,(H,22,25). The second-order valence-corrected chi connectivity index (χ2v) is 7.10. The molecular formula is C20H24N4O3S. The van der Waals surface area contributed by atoms with Gasteiger partial charge in [0.15, 0.2) is 0 Å². The van der Waals surface area contributed by atoms with Gasteiger partial charge in [0.1, 0.15) is 11.6 Å². The maximum atomic E-state index is 11.9. The number of amides is 1. The maximum absolute atomic E-state index is 11.9. The molecule has 0 atom stereocenters. The van der Waals surface area contributed by atoms with Gasteiger partial charge in [0.25, 0.3) is 0 Å². The fraction of sp³-hybridized carbons (Fsp3) is 0.350. The van der Waals surface area contributed by atoms with Crippen molar-refractivity contribution in [3.63, 3.8) is 0 Å². The van der Waals surface area contributed by atoms with Gasteiger partial charge in [-0.05, 0) is 31.5 Å². The number of aryl methyl sites for hydroxylation is 1. The third kappa shape index (κ3) is 5.90. The molecule has 1 amide bonds. The van der Waals surface area contributed by atoms with Crippen LogP contribution >= 0.6 is 11.5 Å². The van der Waals surface area contributed by atoms with E-state index in [4.69, 9.17) is 9.25 Å². The molecule has 0 saturated heterocycles. The highest BCUT2D eigenvalue weighted by Gasteiger charge is 2.16. The van der Waals surface area contributed by atoms with E-state index in [1.807, 2.05) is 24.0 Å². The lowest BCUT2D eigenvalue weighted by Gasteiger charge is -2.19. The van der Waals surface area contributed by atoms with Gasteiger partial charge in [-0.25, -0.2) is 10.5 Å². The number of carbonyl (C=O) groups is 1. The Balaban J connectivity index is 1.67. The molecule has 0 aliphatic rings. The van der Waals surface area contributed by atoms with E-state index >= 15 is 0 Å². The smallest absolute Gasteiger partial charge is 0.245 e. The van der Waals surface area contributed by atoms with Crippen LogP contribution < -0.4 is 10.4 Å². The van der Waals surface area contributed by atoms with Gasteiger partial charge in [-0.3, -0.25) is 9.63 Å². The molecular weight excluding hydrogens is 376 g/mol. The lowest BCUT2D eigenvalue weighted by molar-refractivity contribution is -0.132. The quantitative estimate of drug-likeness (QED) is 0.525. The van der Waals surface area contributed by atoms with E-state index in [0.29, 0.717) is 26.1 Å². The van der Waals surface area contributed by atoms with Crippen molar-refractivity contribution in [1.82, 2.24) is 14.8 Å². The first-order valence-electron chi connectivity index (χ1n) is 9.20. The first kappa shape index (κ1) is 20.0. The van der Waals surface area contributed by atoms with Gasteiger partial charge in [0.2, 0.25) is 11.0 Å². The van der Waals surface area contributed by atoms with Gasteiger partial charge >= 0.3 is 0 Å². The molecule has 2 heterocycles. The van der Waals surface area contributed by atoms with Gasteiger partial charge in [-0.1, -0.05) is 29.8 Å². The molecule has 28 heavy (non-hydrogen) atoms. The topological polar surface area (TPSA) is 80.5 Å². The Hall–Kier alpha value is -2.71. The van der Waals surface area contributed by atoms with Crippen molar-refractivity contribution in [2.75, 3.05) is 18.1 Å². The predicted molar refractivity (Wildman–Crippen MR) is 108 cm³/mol. The molecule has 148 valence electrons. The Morgan fingerprint density at radius 1 is 1.29 bits per heavy atom. The van der Waals surface area contributed by atoms with Gasteiger partial charge in [-0.15, -0.1) is 0 Å². The summed E-state index contributed by atoms with van der Waals surface area (Å²) in [7, 11) is 0. The number of hydrogen-bond acceptors (Lipinski definition) is 7. The number of rotatable bonds is 10. The summed E-state index contributed by atoms with van der Waals surface area (Å²) >= 11 is 1.33. The first-order chi connectivity index (χ1) is 13.6. The number of furan rings is 1. The lowest BCUT2D eigenvalue weighted by Crippen LogP contribution is -2.30. The van der Waals surface area contributed by atoms with Crippen molar-refractivity contribution in [1.29, 1.82) is 0 Å². The maximum Gasteiger partial charge on any atom is 0.245 e. The number of anilines is 1. The largest absolute Gasteiger partial charge is 0.467 e. The van der Waals surface area contributed by atoms with Crippen LogP contribution in [0.4, 0.5) is 5.13 Å². The molecule has 0 aliphatic carbocycles. The summed E-state index contributed by atoms with van der Waals surface area (Å²) in [6, 6.07) is 12.1. The highest BCUT2D eigenvalue weighted by Crippen LogP contribution is 2.22. The SMILES string of the molecule is CCONC(=O)CCN(Cc1ccco1)c1nc(Cc2ccc(C)cc2)ns1. The Morgan fingerprint density at radius 3 is 2.82 bits per heavy atom. The van der Waals surface area contributed by atoms with E-state index < -0.39 is 0 Å². The molecule has 0 radical (unpaired) electrons. The molecule has 7 nitrogen and oxygen atoms in total. The third-order valence-electron chi connectivity index (χ3n) is 4.08. The molecule has 0 bridgehead atoms. The lowest BCUT2D eigenvalue weighted by atomic mass is 10.1. The molecule has 2 aromatic heterocycles. The molecule has 1 aromatic carbocycles. The van der Waals surface area contributed by atoms with Crippen molar-refractivity contribution in [2.45, 2.75) is 33.2 Å². The predicted octanol–water partition coefficient (Wildman–Crippen LogP) is 3.49. The summed E-state index contributed by atoms with van der Waals surface area (Å²) in [4.78, 5) is 23.5. The van der Waals surface area contributed by atoms with Gasteiger partial charge in [0, 0.05) is 30.9 Å².